The lowest BCUT2D eigenvalue weighted by Crippen LogP contribution is -2.22. The minimum Gasteiger partial charge on any atom is -0.332 e. The molecule has 0 saturated carbocycles. The summed E-state index contributed by atoms with van der Waals surface area (Å²) in [4.78, 5) is 20.8. The van der Waals surface area contributed by atoms with Crippen molar-refractivity contribution in [1.82, 2.24) is 14.5 Å². The maximum atomic E-state index is 12.5. The molecule has 112 valence electrons. The molecule has 0 saturated heterocycles. The quantitative estimate of drug-likeness (QED) is 0.441. The van der Waals surface area contributed by atoms with Crippen LogP contribution in [-0.2, 0) is 6.54 Å². The minimum atomic E-state index is -0.0201. The molecule has 22 heavy (non-hydrogen) atoms. The van der Waals surface area contributed by atoms with Crippen LogP contribution in [0.3, 0.4) is 0 Å². The van der Waals surface area contributed by atoms with Crippen LogP contribution in [0.2, 0.25) is 0 Å². The highest BCUT2D eigenvalue weighted by Gasteiger charge is 2.04. The van der Waals surface area contributed by atoms with Crippen molar-refractivity contribution < 1.29 is 0 Å². The lowest BCUT2D eigenvalue weighted by atomic mass is 10.2. The van der Waals surface area contributed by atoms with E-state index in [0.29, 0.717) is 16.7 Å². The molecule has 0 bridgehead atoms. The molecule has 0 fully saturated rings. The van der Waals surface area contributed by atoms with E-state index in [-0.39, 0.29) is 5.56 Å². The van der Waals surface area contributed by atoms with Gasteiger partial charge < -0.3 is 4.98 Å². The van der Waals surface area contributed by atoms with Crippen molar-refractivity contribution in [3.63, 3.8) is 0 Å². The Morgan fingerprint density at radius 2 is 1.95 bits per heavy atom. The third kappa shape index (κ3) is 3.28. The number of para-hydroxylation sites is 1. The summed E-state index contributed by atoms with van der Waals surface area (Å²) in [6.07, 6.45) is 4.45. The second-order valence-electron chi connectivity index (χ2n) is 4.82. The van der Waals surface area contributed by atoms with E-state index in [1.54, 1.807) is 28.7 Å². The third-order valence-electron chi connectivity index (χ3n) is 3.33. The first-order valence-electron chi connectivity index (χ1n) is 7.00. The van der Waals surface area contributed by atoms with E-state index in [4.69, 9.17) is 12.2 Å². The van der Waals surface area contributed by atoms with Crippen molar-refractivity contribution in [2.45, 2.75) is 17.9 Å². The van der Waals surface area contributed by atoms with Crippen LogP contribution >= 0.6 is 24.0 Å². The zero-order chi connectivity index (χ0) is 15.4. The third-order valence-corrected chi connectivity index (χ3v) is 4.75. The fraction of sp³-hybridized carbons (Fsp3) is 0.188. The number of rotatable bonds is 5. The SMILES string of the molecule is O=c1c2ccccc2[nH]c(=S)n1CCCSc1ccncc1. The predicted molar refractivity (Wildman–Crippen MR) is 93.0 cm³/mol. The number of benzene rings is 1. The summed E-state index contributed by atoms with van der Waals surface area (Å²) in [5, 5.41) is 0.679. The van der Waals surface area contributed by atoms with Crippen molar-refractivity contribution >= 4 is 34.9 Å². The Morgan fingerprint density at radius 1 is 1.18 bits per heavy atom. The number of aromatic amines is 1. The van der Waals surface area contributed by atoms with Gasteiger partial charge in [0.2, 0.25) is 0 Å². The van der Waals surface area contributed by atoms with Crippen LogP contribution in [0.4, 0.5) is 0 Å². The fourth-order valence-corrected chi connectivity index (χ4v) is 3.36. The molecule has 0 amide bonds. The van der Waals surface area contributed by atoms with Crippen LogP contribution in [0.25, 0.3) is 10.9 Å². The summed E-state index contributed by atoms with van der Waals surface area (Å²) in [6, 6.07) is 11.4. The zero-order valence-corrected chi connectivity index (χ0v) is 13.5. The Kier molecular flexibility index (Phi) is 4.70. The predicted octanol–water partition coefficient (Wildman–Crippen LogP) is 3.64. The molecule has 1 N–H and O–H groups in total. The molecule has 3 rings (SSSR count). The number of fused-ring (bicyclic) bond motifs is 1. The molecule has 6 heteroatoms. The molecule has 0 spiro atoms. The maximum absolute atomic E-state index is 12.5. The van der Waals surface area contributed by atoms with Crippen molar-refractivity contribution in [3.8, 4) is 0 Å². The van der Waals surface area contributed by atoms with Gasteiger partial charge in [0.25, 0.3) is 5.56 Å². The fourth-order valence-electron chi connectivity index (χ4n) is 2.25. The Balaban J connectivity index is 1.72. The maximum Gasteiger partial charge on any atom is 0.262 e. The average Bonchev–Trinajstić information content (AvgIpc) is 2.55. The van der Waals surface area contributed by atoms with Crippen LogP contribution in [-0.4, -0.2) is 20.3 Å². The topological polar surface area (TPSA) is 50.7 Å². The molecule has 1 aromatic carbocycles. The smallest absolute Gasteiger partial charge is 0.262 e. The van der Waals surface area contributed by atoms with Gasteiger partial charge in [-0.15, -0.1) is 11.8 Å². The minimum absolute atomic E-state index is 0.0201. The number of H-pyrrole nitrogens is 1. The summed E-state index contributed by atoms with van der Waals surface area (Å²) in [7, 11) is 0. The molecule has 0 aliphatic rings. The number of hydrogen-bond donors (Lipinski definition) is 1. The summed E-state index contributed by atoms with van der Waals surface area (Å²) in [5.74, 6) is 0.929. The highest BCUT2D eigenvalue weighted by atomic mass is 32.2. The molecule has 0 radical (unpaired) electrons. The first kappa shape index (κ1) is 15.0. The average molecular weight is 329 g/mol. The van der Waals surface area contributed by atoms with Crippen molar-refractivity contribution in [1.29, 1.82) is 0 Å². The van der Waals surface area contributed by atoms with E-state index in [0.717, 1.165) is 17.7 Å². The highest BCUT2D eigenvalue weighted by molar-refractivity contribution is 7.99. The van der Waals surface area contributed by atoms with Gasteiger partial charge in [0, 0.05) is 23.8 Å². The number of nitrogens with one attached hydrogen (secondary N) is 1. The van der Waals surface area contributed by atoms with Crippen LogP contribution in [0.15, 0.2) is 58.5 Å². The zero-order valence-electron chi connectivity index (χ0n) is 11.9. The number of aromatic nitrogens is 3. The Hall–Kier alpha value is -1.92. The first-order valence-corrected chi connectivity index (χ1v) is 8.40. The highest BCUT2D eigenvalue weighted by Crippen LogP contribution is 2.17. The van der Waals surface area contributed by atoms with E-state index in [9.17, 15) is 4.79 Å². The van der Waals surface area contributed by atoms with E-state index in [1.165, 1.54) is 4.90 Å². The standard InChI is InChI=1S/C16H15N3OS2/c20-15-13-4-1-2-5-14(13)18-16(21)19(15)10-3-11-22-12-6-8-17-9-7-12/h1-2,4-9H,3,10-11H2,(H,18,21). The Bertz CT molecular complexity index is 887. The molecule has 0 aliphatic carbocycles. The molecule has 4 nitrogen and oxygen atoms in total. The van der Waals surface area contributed by atoms with Gasteiger partial charge in [-0.05, 0) is 48.7 Å². The second-order valence-corrected chi connectivity index (χ2v) is 6.37. The van der Waals surface area contributed by atoms with Gasteiger partial charge in [0.05, 0.1) is 10.9 Å². The van der Waals surface area contributed by atoms with Gasteiger partial charge in [-0.3, -0.25) is 14.3 Å². The normalized spacial score (nSPS) is 10.9. The number of hydrogen-bond acceptors (Lipinski definition) is 4. The van der Waals surface area contributed by atoms with Gasteiger partial charge in [-0.2, -0.15) is 0 Å². The lowest BCUT2D eigenvalue weighted by molar-refractivity contribution is 0.642. The molecular formula is C16H15N3OS2. The van der Waals surface area contributed by atoms with Crippen molar-refractivity contribution in [2.75, 3.05) is 5.75 Å². The summed E-state index contributed by atoms with van der Waals surface area (Å²) in [6.45, 7) is 0.622. The van der Waals surface area contributed by atoms with Gasteiger partial charge in [0.1, 0.15) is 0 Å². The van der Waals surface area contributed by atoms with Gasteiger partial charge in [-0.1, -0.05) is 12.1 Å². The molecule has 3 aromatic rings. The van der Waals surface area contributed by atoms with Crippen LogP contribution in [0, 0.1) is 4.77 Å². The lowest BCUT2D eigenvalue weighted by Gasteiger charge is -2.08. The van der Waals surface area contributed by atoms with Crippen molar-refractivity contribution in [2.24, 2.45) is 0 Å². The molecule has 2 aromatic heterocycles. The van der Waals surface area contributed by atoms with E-state index < -0.39 is 0 Å². The van der Waals surface area contributed by atoms with E-state index >= 15 is 0 Å². The van der Waals surface area contributed by atoms with Gasteiger partial charge in [-0.25, -0.2) is 0 Å². The van der Waals surface area contributed by atoms with E-state index in [2.05, 4.69) is 9.97 Å². The number of pyridine rings is 1. The summed E-state index contributed by atoms with van der Waals surface area (Å²) < 4.78 is 2.13. The second kappa shape index (κ2) is 6.89. The molecule has 0 atom stereocenters. The van der Waals surface area contributed by atoms with Gasteiger partial charge >= 0.3 is 0 Å². The molecular weight excluding hydrogens is 314 g/mol. The Morgan fingerprint density at radius 3 is 2.77 bits per heavy atom. The Labute approximate surface area is 137 Å². The molecule has 2 heterocycles. The number of thioether (sulfide) groups is 1. The molecule has 0 aliphatic heterocycles. The van der Waals surface area contributed by atoms with E-state index in [1.807, 2.05) is 36.4 Å². The van der Waals surface area contributed by atoms with Crippen LogP contribution < -0.4 is 5.56 Å². The summed E-state index contributed by atoms with van der Waals surface area (Å²) >= 11 is 7.06. The monoisotopic (exact) mass is 329 g/mol. The van der Waals surface area contributed by atoms with Crippen molar-refractivity contribution in [3.05, 3.63) is 63.9 Å². The van der Waals surface area contributed by atoms with Gasteiger partial charge in [0.15, 0.2) is 4.77 Å². The first-order chi connectivity index (χ1) is 10.8. The van der Waals surface area contributed by atoms with Crippen LogP contribution in [0.5, 0.6) is 0 Å². The number of nitrogens with zero attached hydrogens (tertiary/aromatic N) is 2. The van der Waals surface area contributed by atoms with Crippen LogP contribution in [0.1, 0.15) is 6.42 Å². The molecule has 0 unspecified atom stereocenters. The summed E-state index contributed by atoms with van der Waals surface area (Å²) in [5.41, 5.74) is 0.771. The largest absolute Gasteiger partial charge is 0.332 e.